The van der Waals surface area contributed by atoms with Gasteiger partial charge in [0, 0.05) is 11.8 Å². The number of nitrogens with one attached hydrogen (secondary N) is 2. The molecule has 0 bridgehead atoms. The standard InChI is InChI=1S/C16H26N4O/c1-16(2,3)15-18-10-13(11-19-15)20-14(21)5-4-12-6-8-17-9-7-12/h10-12,17H,4-9H2,1-3H3,(H,20,21). The molecule has 0 atom stereocenters. The highest BCUT2D eigenvalue weighted by atomic mass is 16.1. The van der Waals surface area contributed by atoms with Gasteiger partial charge in [0.2, 0.25) is 5.91 Å². The Balaban J connectivity index is 1.79. The van der Waals surface area contributed by atoms with Crippen molar-refractivity contribution in [2.75, 3.05) is 18.4 Å². The van der Waals surface area contributed by atoms with Gasteiger partial charge in [-0.3, -0.25) is 4.79 Å². The third-order valence-corrected chi connectivity index (χ3v) is 3.84. The van der Waals surface area contributed by atoms with Crippen LogP contribution in [0.2, 0.25) is 0 Å². The van der Waals surface area contributed by atoms with Gasteiger partial charge in [0.1, 0.15) is 5.82 Å². The first-order chi connectivity index (χ1) is 9.95. The van der Waals surface area contributed by atoms with Gasteiger partial charge in [-0.15, -0.1) is 0 Å². The zero-order valence-corrected chi connectivity index (χ0v) is 13.3. The second kappa shape index (κ2) is 6.98. The molecule has 2 rings (SSSR count). The van der Waals surface area contributed by atoms with E-state index in [9.17, 15) is 4.79 Å². The van der Waals surface area contributed by atoms with Gasteiger partial charge < -0.3 is 10.6 Å². The normalized spacial score (nSPS) is 16.7. The SMILES string of the molecule is CC(C)(C)c1ncc(NC(=O)CCC2CCNCC2)cn1. The van der Waals surface area contributed by atoms with Gasteiger partial charge in [-0.25, -0.2) is 9.97 Å². The Kier molecular flexibility index (Phi) is 5.28. The fourth-order valence-electron chi connectivity index (χ4n) is 2.51. The van der Waals surface area contributed by atoms with E-state index in [2.05, 4.69) is 41.4 Å². The van der Waals surface area contributed by atoms with Crippen LogP contribution in [0.15, 0.2) is 12.4 Å². The van der Waals surface area contributed by atoms with Crippen LogP contribution in [0.1, 0.15) is 52.3 Å². The van der Waals surface area contributed by atoms with Crippen LogP contribution in [0.25, 0.3) is 0 Å². The van der Waals surface area contributed by atoms with Crippen molar-refractivity contribution < 1.29 is 4.79 Å². The van der Waals surface area contributed by atoms with Gasteiger partial charge >= 0.3 is 0 Å². The topological polar surface area (TPSA) is 66.9 Å². The van der Waals surface area contributed by atoms with Crippen molar-refractivity contribution in [2.45, 2.75) is 51.9 Å². The third-order valence-electron chi connectivity index (χ3n) is 3.84. The van der Waals surface area contributed by atoms with E-state index < -0.39 is 0 Å². The van der Waals surface area contributed by atoms with Crippen molar-refractivity contribution in [1.82, 2.24) is 15.3 Å². The summed E-state index contributed by atoms with van der Waals surface area (Å²) in [4.78, 5) is 20.6. The number of anilines is 1. The van der Waals surface area contributed by atoms with Crippen LogP contribution in [-0.4, -0.2) is 29.0 Å². The predicted octanol–water partition coefficient (Wildman–Crippen LogP) is 2.49. The van der Waals surface area contributed by atoms with E-state index in [0.717, 1.165) is 25.3 Å². The summed E-state index contributed by atoms with van der Waals surface area (Å²) in [6.45, 7) is 8.36. The quantitative estimate of drug-likeness (QED) is 0.894. The Morgan fingerprint density at radius 3 is 2.48 bits per heavy atom. The first kappa shape index (κ1) is 15.9. The second-order valence-corrected chi connectivity index (χ2v) is 6.83. The summed E-state index contributed by atoms with van der Waals surface area (Å²) in [6.07, 6.45) is 7.28. The van der Waals surface area contributed by atoms with Gasteiger partial charge in [-0.05, 0) is 38.3 Å². The van der Waals surface area contributed by atoms with Gasteiger partial charge in [0.25, 0.3) is 0 Å². The van der Waals surface area contributed by atoms with E-state index in [1.807, 2.05) is 0 Å². The highest BCUT2D eigenvalue weighted by Crippen LogP contribution is 2.19. The van der Waals surface area contributed by atoms with Gasteiger partial charge in [0.05, 0.1) is 18.1 Å². The van der Waals surface area contributed by atoms with Crippen molar-refractivity contribution in [3.8, 4) is 0 Å². The minimum Gasteiger partial charge on any atom is -0.323 e. The molecule has 0 unspecified atom stereocenters. The van der Waals surface area contributed by atoms with Crippen LogP contribution in [0.4, 0.5) is 5.69 Å². The summed E-state index contributed by atoms with van der Waals surface area (Å²) < 4.78 is 0. The molecule has 116 valence electrons. The van der Waals surface area contributed by atoms with E-state index >= 15 is 0 Å². The van der Waals surface area contributed by atoms with Gasteiger partial charge in [0.15, 0.2) is 0 Å². The molecule has 0 spiro atoms. The lowest BCUT2D eigenvalue weighted by atomic mass is 9.93. The number of hydrogen-bond acceptors (Lipinski definition) is 4. The number of piperidine rings is 1. The lowest BCUT2D eigenvalue weighted by molar-refractivity contribution is -0.116. The number of carbonyl (C=O) groups excluding carboxylic acids is 1. The lowest BCUT2D eigenvalue weighted by Gasteiger charge is -2.22. The second-order valence-electron chi connectivity index (χ2n) is 6.83. The molecule has 0 radical (unpaired) electrons. The summed E-state index contributed by atoms with van der Waals surface area (Å²) in [5.74, 6) is 1.52. The maximum absolute atomic E-state index is 12.0. The van der Waals surface area contributed by atoms with E-state index in [0.29, 0.717) is 18.0 Å². The van der Waals surface area contributed by atoms with E-state index in [-0.39, 0.29) is 11.3 Å². The maximum Gasteiger partial charge on any atom is 0.224 e. The monoisotopic (exact) mass is 290 g/mol. The molecule has 1 aromatic rings. The van der Waals surface area contributed by atoms with Crippen LogP contribution in [0, 0.1) is 5.92 Å². The molecule has 1 aliphatic heterocycles. The largest absolute Gasteiger partial charge is 0.323 e. The Hall–Kier alpha value is -1.49. The summed E-state index contributed by atoms with van der Waals surface area (Å²) in [6, 6.07) is 0. The fourth-order valence-corrected chi connectivity index (χ4v) is 2.51. The molecule has 5 nitrogen and oxygen atoms in total. The van der Waals surface area contributed by atoms with Crippen LogP contribution < -0.4 is 10.6 Å². The molecule has 2 N–H and O–H groups in total. The Bertz CT molecular complexity index is 458. The Morgan fingerprint density at radius 1 is 1.29 bits per heavy atom. The third kappa shape index (κ3) is 5.08. The molecule has 0 aromatic carbocycles. The Morgan fingerprint density at radius 2 is 1.90 bits per heavy atom. The zero-order valence-electron chi connectivity index (χ0n) is 13.3. The minimum absolute atomic E-state index is 0.0561. The minimum atomic E-state index is -0.0719. The average molecular weight is 290 g/mol. The first-order valence-electron chi connectivity index (χ1n) is 7.78. The number of hydrogen-bond donors (Lipinski definition) is 2. The molecule has 1 aromatic heterocycles. The van der Waals surface area contributed by atoms with Crippen LogP contribution in [0.3, 0.4) is 0 Å². The van der Waals surface area contributed by atoms with Crippen LogP contribution >= 0.6 is 0 Å². The molecule has 21 heavy (non-hydrogen) atoms. The van der Waals surface area contributed by atoms with E-state index in [1.54, 1.807) is 12.4 Å². The number of amides is 1. The number of carbonyl (C=O) groups is 1. The highest BCUT2D eigenvalue weighted by Gasteiger charge is 2.17. The molecule has 0 saturated carbocycles. The maximum atomic E-state index is 12.0. The molecule has 1 fully saturated rings. The predicted molar refractivity (Wildman–Crippen MR) is 84.2 cm³/mol. The highest BCUT2D eigenvalue weighted by molar-refractivity contribution is 5.90. The van der Waals surface area contributed by atoms with Crippen LogP contribution in [-0.2, 0) is 10.2 Å². The summed E-state index contributed by atoms with van der Waals surface area (Å²) in [5.41, 5.74) is 0.607. The van der Waals surface area contributed by atoms with Crippen molar-refractivity contribution in [3.05, 3.63) is 18.2 Å². The zero-order chi connectivity index (χ0) is 15.3. The van der Waals surface area contributed by atoms with Crippen molar-refractivity contribution in [2.24, 2.45) is 5.92 Å². The van der Waals surface area contributed by atoms with Crippen molar-refractivity contribution in [1.29, 1.82) is 0 Å². The summed E-state index contributed by atoms with van der Waals surface area (Å²) in [7, 11) is 0. The fraction of sp³-hybridized carbons (Fsp3) is 0.688. The average Bonchev–Trinajstić information content (AvgIpc) is 2.46. The Labute approximate surface area is 127 Å². The number of aromatic nitrogens is 2. The van der Waals surface area contributed by atoms with Crippen LogP contribution in [0.5, 0.6) is 0 Å². The lowest BCUT2D eigenvalue weighted by Crippen LogP contribution is -2.28. The number of rotatable bonds is 4. The first-order valence-corrected chi connectivity index (χ1v) is 7.78. The smallest absolute Gasteiger partial charge is 0.224 e. The molecule has 1 amide bonds. The van der Waals surface area contributed by atoms with E-state index in [1.165, 1.54) is 12.8 Å². The van der Waals surface area contributed by atoms with Gasteiger partial charge in [-0.1, -0.05) is 20.8 Å². The van der Waals surface area contributed by atoms with Crippen molar-refractivity contribution >= 4 is 11.6 Å². The molecular formula is C16H26N4O. The van der Waals surface area contributed by atoms with E-state index in [4.69, 9.17) is 0 Å². The number of nitrogens with zero attached hydrogens (tertiary/aromatic N) is 2. The van der Waals surface area contributed by atoms with Crippen molar-refractivity contribution in [3.63, 3.8) is 0 Å². The molecule has 1 aliphatic rings. The molecular weight excluding hydrogens is 264 g/mol. The summed E-state index contributed by atoms with van der Waals surface area (Å²) >= 11 is 0. The molecule has 0 aliphatic carbocycles. The molecule has 1 saturated heterocycles. The van der Waals surface area contributed by atoms with Gasteiger partial charge in [-0.2, -0.15) is 0 Å². The molecule has 5 heteroatoms. The molecule has 2 heterocycles. The summed E-state index contributed by atoms with van der Waals surface area (Å²) in [5, 5.41) is 6.22.